The molecule has 0 radical (unpaired) electrons. The number of nitro groups is 1. The maximum Gasteiger partial charge on any atom is 0.492 e. The van der Waals surface area contributed by atoms with Gasteiger partial charge in [-0.05, 0) is 18.2 Å². The number of benzene rings is 2. The van der Waals surface area contributed by atoms with Crippen LogP contribution in [0.25, 0.3) is 0 Å². The van der Waals surface area contributed by atoms with E-state index < -0.39 is 12.0 Å². The maximum atomic E-state index is 10.5. The van der Waals surface area contributed by atoms with Gasteiger partial charge in [0.2, 0.25) is 0 Å². The molecule has 0 atom stereocenters. The summed E-state index contributed by atoms with van der Waals surface area (Å²) in [6.07, 6.45) is 0. The second-order valence-corrected chi connectivity index (χ2v) is 3.76. The van der Waals surface area contributed by atoms with Crippen molar-refractivity contribution in [1.82, 2.24) is 0 Å². The van der Waals surface area contributed by atoms with Crippen molar-refractivity contribution in [2.24, 2.45) is 0 Å². The zero-order valence-corrected chi connectivity index (χ0v) is 9.76. The Labute approximate surface area is 109 Å². The summed E-state index contributed by atoms with van der Waals surface area (Å²) in [4.78, 5) is 10.0. The normalized spacial score (nSPS) is 10.0. The lowest BCUT2D eigenvalue weighted by Gasteiger charge is -2.10. The Morgan fingerprint density at radius 2 is 1.68 bits per heavy atom. The monoisotopic (exact) mass is 259 g/mol. The first-order valence-electron chi connectivity index (χ1n) is 5.45. The van der Waals surface area contributed by atoms with Gasteiger partial charge in [0.1, 0.15) is 11.5 Å². The summed E-state index contributed by atoms with van der Waals surface area (Å²) in [5, 5.41) is 28.9. The zero-order chi connectivity index (χ0) is 13.8. The van der Waals surface area contributed by atoms with Crippen molar-refractivity contribution < 1.29 is 19.7 Å². The van der Waals surface area contributed by atoms with Crippen molar-refractivity contribution in [1.29, 1.82) is 0 Å². The van der Waals surface area contributed by atoms with Gasteiger partial charge in [0.05, 0.1) is 4.92 Å². The molecular formula is C12H10BNO5. The lowest BCUT2D eigenvalue weighted by molar-refractivity contribution is -0.384. The van der Waals surface area contributed by atoms with E-state index in [-0.39, 0.29) is 16.9 Å². The third-order valence-electron chi connectivity index (χ3n) is 2.47. The first-order valence-corrected chi connectivity index (χ1v) is 5.45. The molecule has 7 heteroatoms. The van der Waals surface area contributed by atoms with Crippen LogP contribution in [0.5, 0.6) is 11.5 Å². The van der Waals surface area contributed by atoms with E-state index in [1.54, 1.807) is 18.2 Å². The molecule has 2 aromatic carbocycles. The quantitative estimate of drug-likeness (QED) is 0.486. The molecule has 0 aliphatic rings. The number of hydrogen-bond acceptors (Lipinski definition) is 5. The molecule has 0 aliphatic carbocycles. The average Bonchev–Trinajstić information content (AvgIpc) is 2.39. The van der Waals surface area contributed by atoms with Crippen LogP contribution < -0.4 is 10.2 Å². The molecular weight excluding hydrogens is 249 g/mol. The Hall–Kier alpha value is -2.38. The van der Waals surface area contributed by atoms with Gasteiger partial charge < -0.3 is 14.8 Å². The lowest BCUT2D eigenvalue weighted by atomic mass is 9.79. The van der Waals surface area contributed by atoms with Gasteiger partial charge in [-0.15, -0.1) is 0 Å². The average molecular weight is 259 g/mol. The third kappa shape index (κ3) is 3.09. The van der Waals surface area contributed by atoms with Crippen molar-refractivity contribution in [3.8, 4) is 11.5 Å². The predicted octanol–water partition coefficient (Wildman–Crippen LogP) is 1.07. The molecule has 0 bridgehead atoms. The van der Waals surface area contributed by atoms with Gasteiger partial charge in [0.15, 0.2) is 0 Å². The summed E-state index contributed by atoms with van der Waals surface area (Å²) in [6, 6.07) is 11.9. The molecule has 0 spiro atoms. The highest BCUT2D eigenvalue weighted by Crippen LogP contribution is 2.22. The largest absolute Gasteiger partial charge is 0.492 e. The predicted molar refractivity (Wildman–Crippen MR) is 69.4 cm³/mol. The second-order valence-electron chi connectivity index (χ2n) is 3.76. The third-order valence-corrected chi connectivity index (χ3v) is 2.47. The number of rotatable bonds is 4. The van der Waals surface area contributed by atoms with Crippen LogP contribution in [0.1, 0.15) is 0 Å². The van der Waals surface area contributed by atoms with Crippen LogP contribution in [-0.2, 0) is 0 Å². The van der Waals surface area contributed by atoms with Crippen LogP contribution >= 0.6 is 0 Å². The fourth-order valence-corrected chi connectivity index (χ4v) is 1.55. The van der Waals surface area contributed by atoms with E-state index >= 15 is 0 Å². The topological polar surface area (TPSA) is 92.8 Å². The number of nitrogens with zero attached hydrogens (tertiary/aromatic N) is 1. The summed E-state index contributed by atoms with van der Waals surface area (Å²) in [5.74, 6) is 0.657. The standard InChI is InChI=1S/C12H10BNO5/c15-13(16)11-3-1-2-4-12(11)19-10-7-5-9(6-8-10)14(17)18/h1-8,15-16H. The fourth-order valence-electron chi connectivity index (χ4n) is 1.55. The van der Waals surface area contributed by atoms with Crippen LogP contribution in [0.3, 0.4) is 0 Å². The minimum atomic E-state index is -1.64. The van der Waals surface area contributed by atoms with Crippen molar-refractivity contribution >= 4 is 18.3 Å². The number of para-hydroxylation sites is 1. The minimum absolute atomic E-state index is 0.0390. The van der Waals surface area contributed by atoms with Crippen molar-refractivity contribution in [2.45, 2.75) is 0 Å². The summed E-state index contributed by atoms with van der Waals surface area (Å²) >= 11 is 0. The number of non-ortho nitro benzene ring substituents is 1. The zero-order valence-electron chi connectivity index (χ0n) is 9.76. The SMILES string of the molecule is O=[N+]([O-])c1ccc(Oc2ccccc2B(O)O)cc1. The molecule has 0 fully saturated rings. The molecule has 0 unspecified atom stereocenters. The lowest BCUT2D eigenvalue weighted by Crippen LogP contribution is -2.30. The fraction of sp³-hybridized carbons (Fsp3) is 0. The number of nitro benzene ring substituents is 1. The number of ether oxygens (including phenoxy) is 1. The Balaban J connectivity index is 2.24. The summed E-state index contributed by atoms with van der Waals surface area (Å²) < 4.78 is 5.46. The summed E-state index contributed by atoms with van der Waals surface area (Å²) in [5.41, 5.74) is 0.184. The van der Waals surface area contributed by atoms with Crippen LogP contribution in [0.2, 0.25) is 0 Å². The van der Waals surface area contributed by atoms with E-state index in [1.807, 2.05) is 0 Å². The van der Waals surface area contributed by atoms with Gasteiger partial charge in [-0.2, -0.15) is 0 Å². The molecule has 19 heavy (non-hydrogen) atoms. The van der Waals surface area contributed by atoms with E-state index in [0.29, 0.717) is 5.75 Å². The van der Waals surface area contributed by atoms with Crippen LogP contribution in [0, 0.1) is 10.1 Å². The van der Waals surface area contributed by atoms with Crippen molar-refractivity contribution in [3.63, 3.8) is 0 Å². The van der Waals surface area contributed by atoms with Gasteiger partial charge >= 0.3 is 7.12 Å². The van der Waals surface area contributed by atoms with Crippen LogP contribution in [-0.4, -0.2) is 22.1 Å². The Morgan fingerprint density at radius 1 is 1.05 bits per heavy atom. The highest BCUT2D eigenvalue weighted by atomic mass is 16.6. The van der Waals surface area contributed by atoms with Gasteiger partial charge in [0.25, 0.3) is 5.69 Å². The van der Waals surface area contributed by atoms with Gasteiger partial charge in [-0.25, -0.2) is 0 Å². The second kappa shape index (κ2) is 5.51. The van der Waals surface area contributed by atoms with Crippen LogP contribution in [0.15, 0.2) is 48.5 Å². The maximum absolute atomic E-state index is 10.5. The van der Waals surface area contributed by atoms with E-state index in [4.69, 9.17) is 4.74 Å². The molecule has 0 aliphatic heterocycles. The molecule has 96 valence electrons. The molecule has 0 heterocycles. The van der Waals surface area contributed by atoms with E-state index in [2.05, 4.69) is 0 Å². The minimum Gasteiger partial charge on any atom is -0.458 e. The first-order chi connectivity index (χ1) is 9.08. The molecule has 2 N–H and O–H groups in total. The van der Waals surface area contributed by atoms with E-state index in [9.17, 15) is 20.2 Å². The van der Waals surface area contributed by atoms with Gasteiger partial charge in [-0.1, -0.05) is 18.2 Å². The van der Waals surface area contributed by atoms with Crippen LogP contribution in [0.4, 0.5) is 5.69 Å². The molecule has 0 amide bonds. The molecule has 0 saturated heterocycles. The van der Waals surface area contributed by atoms with E-state index in [0.717, 1.165) is 0 Å². The molecule has 0 saturated carbocycles. The Morgan fingerprint density at radius 3 is 2.26 bits per heavy atom. The van der Waals surface area contributed by atoms with Gasteiger partial charge in [-0.3, -0.25) is 10.1 Å². The van der Waals surface area contributed by atoms with E-state index in [1.165, 1.54) is 30.3 Å². The molecule has 6 nitrogen and oxygen atoms in total. The molecule has 0 aromatic heterocycles. The Bertz CT molecular complexity index is 585. The Kier molecular flexibility index (Phi) is 3.79. The van der Waals surface area contributed by atoms with Crippen molar-refractivity contribution in [3.05, 3.63) is 58.6 Å². The summed E-state index contributed by atoms with van der Waals surface area (Å²) in [7, 11) is -1.64. The van der Waals surface area contributed by atoms with Gasteiger partial charge in [0, 0.05) is 17.6 Å². The number of hydrogen-bond donors (Lipinski definition) is 2. The smallest absolute Gasteiger partial charge is 0.458 e. The highest BCUT2D eigenvalue weighted by molar-refractivity contribution is 6.59. The summed E-state index contributed by atoms with van der Waals surface area (Å²) in [6.45, 7) is 0. The molecule has 2 rings (SSSR count). The van der Waals surface area contributed by atoms with Crippen molar-refractivity contribution in [2.75, 3.05) is 0 Å². The molecule has 2 aromatic rings. The first kappa shape index (κ1) is 13.1. The highest BCUT2D eigenvalue weighted by Gasteiger charge is 2.17.